The fraction of sp³-hybridized carbons (Fsp3) is 0.444. The molecule has 2 atom stereocenters. The van der Waals surface area contributed by atoms with Gasteiger partial charge in [-0.1, -0.05) is 12.8 Å². The molecule has 2 N–H and O–H groups in total. The SMILES string of the molecule is CCOC(=O)c1cn([C@H]2CCCC[C@@H]2N)c2ccc(I)cc2c1=O. The number of carbonyl (C=O) groups excluding carboxylic acids is 1. The molecular formula is C18H21IN2O3. The predicted molar refractivity (Wildman–Crippen MR) is 102 cm³/mol. The van der Waals surface area contributed by atoms with Crippen LogP contribution in [0.5, 0.6) is 0 Å². The molecule has 5 nitrogen and oxygen atoms in total. The van der Waals surface area contributed by atoms with Gasteiger partial charge in [0.05, 0.1) is 12.1 Å². The number of aromatic nitrogens is 1. The monoisotopic (exact) mass is 440 g/mol. The molecule has 1 aliphatic carbocycles. The fourth-order valence-corrected chi connectivity index (χ4v) is 3.93. The van der Waals surface area contributed by atoms with Crippen molar-refractivity contribution in [2.45, 2.75) is 44.7 Å². The van der Waals surface area contributed by atoms with Crippen LogP contribution in [-0.4, -0.2) is 23.2 Å². The molecule has 0 radical (unpaired) electrons. The van der Waals surface area contributed by atoms with Gasteiger partial charge in [0.1, 0.15) is 5.56 Å². The first-order valence-corrected chi connectivity index (χ1v) is 9.38. The van der Waals surface area contributed by atoms with E-state index in [1.807, 2.05) is 22.8 Å². The van der Waals surface area contributed by atoms with Crippen LogP contribution in [0.1, 0.15) is 49.0 Å². The number of rotatable bonds is 3. The number of hydrogen-bond donors (Lipinski definition) is 1. The topological polar surface area (TPSA) is 74.3 Å². The van der Waals surface area contributed by atoms with E-state index in [2.05, 4.69) is 22.6 Å². The van der Waals surface area contributed by atoms with E-state index in [-0.39, 0.29) is 29.7 Å². The van der Waals surface area contributed by atoms with Crippen molar-refractivity contribution in [1.29, 1.82) is 0 Å². The molecule has 0 spiro atoms. The molecule has 0 unspecified atom stereocenters. The van der Waals surface area contributed by atoms with Crippen LogP contribution < -0.4 is 11.2 Å². The summed E-state index contributed by atoms with van der Waals surface area (Å²) >= 11 is 2.17. The van der Waals surface area contributed by atoms with Gasteiger partial charge in [0.15, 0.2) is 0 Å². The van der Waals surface area contributed by atoms with Gasteiger partial charge in [-0.05, 0) is 60.6 Å². The number of carbonyl (C=O) groups is 1. The van der Waals surface area contributed by atoms with Crippen LogP contribution in [-0.2, 0) is 4.74 Å². The highest BCUT2D eigenvalue weighted by Gasteiger charge is 2.26. The lowest BCUT2D eigenvalue weighted by Gasteiger charge is -2.32. The van der Waals surface area contributed by atoms with Crippen molar-refractivity contribution < 1.29 is 9.53 Å². The van der Waals surface area contributed by atoms with E-state index in [1.165, 1.54) is 0 Å². The van der Waals surface area contributed by atoms with E-state index in [0.717, 1.165) is 34.8 Å². The number of halogens is 1. The molecular weight excluding hydrogens is 419 g/mol. The van der Waals surface area contributed by atoms with E-state index in [1.54, 1.807) is 13.1 Å². The quantitative estimate of drug-likeness (QED) is 0.588. The summed E-state index contributed by atoms with van der Waals surface area (Å²) in [6.45, 7) is 1.98. The molecule has 0 aliphatic heterocycles. The van der Waals surface area contributed by atoms with Gasteiger partial charge in [0.2, 0.25) is 5.43 Å². The molecule has 0 amide bonds. The van der Waals surface area contributed by atoms with Crippen molar-refractivity contribution >= 4 is 39.5 Å². The lowest BCUT2D eigenvalue weighted by molar-refractivity contribution is 0.0524. The minimum Gasteiger partial charge on any atom is -0.462 e. The zero-order chi connectivity index (χ0) is 17.3. The van der Waals surface area contributed by atoms with Crippen molar-refractivity contribution in [2.75, 3.05) is 6.61 Å². The molecule has 1 aliphatic rings. The number of pyridine rings is 1. The van der Waals surface area contributed by atoms with Gasteiger partial charge in [-0.15, -0.1) is 0 Å². The van der Waals surface area contributed by atoms with E-state index < -0.39 is 5.97 Å². The largest absolute Gasteiger partial charge is 0.462 e. The lowest BCUT2D eigenvalue weighted by Crippen LogP contribution is -2.36. The van der Waals surface area contributed by atoms with Crippen molar-refractivity contribution in [3.8, 4) is 0 Å². The van der Waals surface area contributed by atoms with Crippen molar-refractivity contribution in [2.24, 2.45) is 5.73 Å². The van der Waals surface area contributed by atoms with Crippen LogP contribution in [0.4, 0.5) is 0 Å². The average Bonchev–Trinajstić information content (AvgIpc) is 2.56. The third-order valence-corrected chi connectivity index (χ3v) is 5.30. The summed E-state index contributed by atoms with van der Waals surface area (Å²) in [6, 6.07) is 5.85. The van der Waals surface area contributed by atoms with Crippen LogP contribution in [0.25, 0.3) is 10.9 Å². The number of nitrogens with zero attached hydrogens (tertiary/aromatic N) is 1. The maximum Gasteiger partial charge on any atom is 0.343 e. The van der Waals surface area contributed by atoms with Gasteiger partial charge < -0.3 is 15.0 Å². The van der Waals surface area contributed by atoms with Gasteiger partial charge in [0.25, 0.3) is 0 Å². The van der Waals surface area contributed by atoms with Gasteiger partial charge in [-0.2, -0.15) is 0 Å². The highest BCUT2D eigenvalue weighted by Crippen LogP contribution is 2.30. The Labute approximate surface area is 154 Å². The number of ether oxygens (including phenoxy) is 1. The Kier molecular flexibility index (Phi) is 5.24. The van der Waals surface area contributed by atoms with Gasteiger partial charge in [0, 0.05) is 27.2 Å². The third kappa shape index (κ3) is 3.21. The smallest absolute Gasteiger partial charge is 0.343 e. The summed E-state index contributed by atoms with van der Waals surface area (Å²) in [6.07, 6.45) is 5.78. The zero-order valence-electron chi connectivity index (χ0n) is 13.6. The molecule has 3 rings (SSSR count). The summed E-state index contributed by atoms with van der Waals surface area (Å²) < 4.78 is 8.04. The Balaban J connectivity index is 2.25. The number of nitrogens with two attached hydrogens (primary N) is 1. The molecule has 1 heterocycles. The Hall–Kier alpha value is -1.41. The van der Waals surface area contributed by atoms with Crippen molar-refractivity contribution in [3.05, 3.63) is 43.8 Å². The van der Waals surface area contributed by atoms with Gasteiger partial charge >= 0.3 is 5.97 Å². The second kappa shape index (κ2) is 7.23. The highest BCUT2D eigenvalue weighted by atomic mass is 127. The number of hydrogen-bond acceptors (Lipinski definition) is 4. The van der Waals surface area contributed by atoms with Gasteiger partial charge in [-0.25, -0.2) is 4.79 Å². The van der Waals surface area contributed by atoms with E-state index >= 15 is 0 Å². The number of benzene rings is 1. The molecule has 1 aromatic carbocycles. The fourth-order valence-electron chi connectivity index (χ4n) is 3.44. The highest BCUT2D eigenvalue weighted by molar-refractivity contribution is 14.1. The standard InChI is InChI=1S/C18H21IN2O3/c1-2-24-18(23)13-10-21(16-6-4-3-5-14(16)20)15-8-7-11(19)9-12(15)17(13)22/h7-10,14,16H,2-6,20H2,1H3/t14-,16-/m0/s1. The van der Waals surface area contributed by atoms with Gasteiger partial charge in [-0.3, -0.25) is 4.79 Å². The summed E-state index contributed by atoms with van der Waals surface area (Å²) in [5, 5.41) is 0.547. The molecule has 128 valence electrons. The first kappa shape index (κ1) is 17.4. The van der Waals surface area contributed by atoms with Crippen LogP contribution in [0.2, 0.25) is 0 Å². The maximum absolute atomic E-state index is 12.8. The summed E-state index contributed by atoms with van der Waals surface area (Å²) in [5.74, 6) is -0.568. The molecule has 1 fully saturated rings. The minimum atomic E-state index is -0.568. The summed E-state index contributed by atoms with van der Waals surface area (Å²) in [7, 11) is 0. The van der Waals surface area contributed by atoms with E-state index in [4.69, 9.17) is 10.5 Å². The normalized spacial score (nSPS) is 21.0. The van der Waals surface area contributed by atoms with Crippen LogP contribution in [0.15, 0.2) is 29.2 Å². The van der Waals surface area contributed by atoms with E-state index in [0.29, 0.717) is 5.39 Å². The predicted octanol–water partition coefficient (Wildman–Crippen LogP) is 3.23. The summed E-state index contributed by atoms with van der Waals surface area (Å²) in [5.41, 5.74) is 6.98. The zero-order valence-corrected chi connectivity index (χ0v) is 15.8. The second-order valence-corrected chi connectivity index (χ2v) is 7.42. The maximum atomic E-state index is 12.8. The van der Waals surface area contributed by atoms with Crippen LogP contribution in [0, 0.1) is 3.57 Å². The lowest BCUT2D eigenvalue weighted by atomic mass is 9.90. The molecule has 0 saturated heterocycles. The summed E-state index contributed by atoms with van der Waals surface area (Å²) in [4.78, 5) is 25.0. The Morgan fingerprint density at radius 2 is 2.12 bits per heavy atom. The Morgan fingerprint density at radius 1 is 1.38 bits per heavy atom. The average molecular weight is 440 g/mol. The van der Waals surface area contributed by atoms with Crippen LogP contribution >= 0.6 is 22.6 Å². The molecule has 1 saturated carbocycles. The minimum absolute atomic E-state index is 0.0266. The number of esters is 1. The first-order valence-electron chi connectivity index (χ1n) is 8.30. The van der Waals surface area contributed by atoms with Crippen molar-refractivity contribution in [1.82, 2.24) is 4.57 Å². The first-order chi connectivity index (χ1) is 11.5. The second-order valence-electron chi connectivity index (χ2n) is 6.18. The third-order valence-electron chi connectivity index (χ3n) is 4.63. The van der Waals surface area contributed by atoms with Crippen LogP contribution in [0.3, 0.4) is 0 Å². The molecule has 1 aromatic heterocycles. The number of fused-ring (bicyclic) bond motifs is 1. The Morgan fingerprint density at radius 3 is 2.83 bits per heavy atom. The molecule has 0 bridgehead atoms. The van der Waals surface area contributed by atoms with Crippen molar-refractivity contribution in [3.63, 3.8) is 0 Å². The molecule has 6 heteroatoms. The Bertz CT molecular complexity index is 831. The molecule has 2 aromatic rings. The molecule has 24 heavy (non-hydrogen) atoms. The van der Waals surface area contributed by atoms with E-state index in [9.17, 15) is 9.59 Å².